The second-order valence-corrected chi connectivity index (χ2v) is 5.13. The van der Waals surface area contributed by atoms with E-state index in [1.54, 1.807) is 17.5 Å². The molecular weight excluding hydrogens is 240 g/mol. The summed E-state index contributed by atoms with van der Waals surface area (Å²) in [7, 11) is 0. The number of thiophene rings is 1. The molecule has 2 aromatic rings. The van der Waals surface area contributed by atoms with Crippen LogP contribution in [0, 0.1) is 6.92 Å². The molecule has 1 saturated carbocycles. The number of aryl methyl sites for hydroxylation is 1. The van der Waals surface area contributed by atoms with Gasteiger partial charge in [0.2, 0.25) is 0 Å². The number of aromatic nitrogens is 2. The number of rotatable bonds is 1. The van der Waals surface area contributed by atoms with E-state index in [0.717, 1.165) is 16.3 Å². The van der Waals surface area contributed by atoms with Gasteiger partial charge in [-0.2, -0.15) is 0 Å². The average molecular weight is 255 g/mol. The van der Waals surface area contributed by atoms with Crippen molar-refractivity contribution in [2.75, 3.05) is 0 Å². The molecule has 0 amide bonds. The predicted octanol–water partition coefficient (Wildman–Crippen LogP) is 4.56. The first kappa shape index (κ1) is 11.8. The fourth-order valence-electron chi connectivity index (χ4n) is 1.71. The Labute approximate surface area is 105 Å². The van der Waals surface area contributed by atoms with E-state index in [-0.39, 0.29) is 0 Å². The number of hydrogen-bond acceptors (Lipinski definition) is 3. The van der Waals surface area contributed by atoms with E-state index in [1.807, 2.05) is 13.8 Å². The van der Waals surface area contributed by atoms with Crippen LogP contribution in [0.1, 0.15) is 43.0 Å². The largest absolute Gasteiger partial charge is 0.240 e. The van der Waals surface area contributed by atoms with E-state index >= 15 is 0 Å². The molecule has 1 aliphatic rings. The summed E-state index contributed by atoms with van der Waals surface area (Å²) in [5.74, 6) is 0.773. The molecule has 3 rings (SSSR count). The fourth-order valence-corrected chi connectivity index (χ4v) is 3.10. The molecule has 0 spiro atoms. The van der Waals surface area contributed by atoms with Crippen LogP contribution >= 0.6 is 22.9 Å². The van der Waals surface area contributed by atoms with Crippen molar-refractivity contribution in [3.05, 3.63) is 21.8 Å². The first-order valence-corrected chi connectivity index (χ1v) is 6.86. The van der Waals surface area contributed by atoms with Crippen LogP contribution in [-0.2, 0) is 0 Å². The van der Waals surface area contributed by atoms with Crippen LogP contribution in [-0.4, -0.2) is 9.97 Å². The highest BCUT2D eigenvalue weighted by Gasteiger charge is 2.28. The molecule has 0 bridgehead atoms. The zero-order chi connectivity index (χ0) is 11.7. The Hall–Kier alpha value is -0.670. The van der Waals surface area contributed by atoms with Crippen molar-refractivity contribution in [1.82, 2.24) is 9.97 Å². The lowest BCUT2D eigenvalue weighted by molar-refractivity contribution is 1.15. The summed E-state index contributed by atoms with van der Waals surface area (Å²) < 4.78 is 0. The van der Waals surface area contributed by atoms with E-state index in [1.165, 1.54) is 23.3 Å². The molecule has 0 atom stereocenters. The Morgan fingerprint density at radius 2 is 2.06 bits per heavy atom. The van der Waals surface area contributed by atoms with Gasteiger partial charge in [-0.1, -0.05) is 25.4 Å². The summed E-state index contributed by atoms with van der Waals surface area (Å²) in [5.41, 5.74) is 2.27. The third kappa shape index (κ3) is 2.06. The van der Waals surface area contributed by atoms with Crippen molar-refractivity contribution in [3.63, 3.8) is 0 Å². The minimum atomic E-state index is 0.487. The molecule has 0 saturated heterocycles. The topological polar surface area (TPSA) is 25.8 Å². The molecule has 0 aromatic carbocycles. The quantitative estimate of drug-likeness (QED) is 0.746. The van der Waals surface area contributed by atoms with Crippen LogP contribution in [0.25, 0.3) is 10.3 Å². The van der Waals surface area contributed by atoms with Crippen molar-refractivity contribution < 1.29 is 0 Å². The molecule has 0 N–H and O–H groups in total. The Kier molecular flexibility index (Phi) is 3.45. The molecule has 0 radical (unpaired) electrons. The first-order valence-electron chi connectivity index (χ1n) is 5.67. The van der Waals surface area contributed by atoms with Gasteiger partial charge in [-0.3, -0.25) is 0 Å². The van der Waals surface area contributed by atoms with Gasteiger partial charge in [0.05, 0.1) is 6.20 Å². The third-order valence-electron chi connectivity index (χ3n) is 2.59. The molecule has 2 heterocycles. The Morgan fingerprint density at radius 1 is 1.38 bits per heavy atom. The SMILES string of the molecule is CC.Cc1c(C2CC2)sc2ncc(Cl)nc12. The summed E-state index contributed by atoms with van der Waals surface area (Å²) in [5, 5.41) is 0.487. The van der Waals surface area contributed by atoms with Crippen molar-refractivity contribution in [2.45, 2.75) is 39.5 Å². The standard InChI is InChI=1S/C10H9ClN2S.C2H6/c1-5-8-10(12-4-7(11)13-8)14-9(5)6-2-3-6;1-2/h4,6H,2-3H2,1H3;1-2H3. The summed E-state index contributed by atoms with van der Waals surface area (Å²) in [6.45, 7) is 6.12. The predicted molar refractivity (Wildman–Crippen MR) is 70.5 cm³/mol. The van der Waals surface area contributed by atoms with Gasteiger partial charge in [0.1, 0.15) is 15.5 Å². The van der Waals surface area contributed by atoms with Crippen molar-refractivity contribution in [1.29, 1.82) is 0 Å². The second-order valence-electron chi connectivity index (χ2n) is 3.71. The average Bonchev–Trinajstić information content (AvgIpc) is 3.09. The first-order chi connectivity index (χ1) is 7.75. The maximum absolute atomic E-state index is 5.83. The minimum absolute atomic E-state index is 0.487. The van der Waals surface area contributed by atoms with E-state index in [0.29, 0.717) is 5.15 Å². The van der Waals surface area contributed by atoms with Crippen molar-refractivity contribution in [2.24, 2.45) is 0 Å². The number of halogens is 1. The molecule has 2 nitrogen and oxygen atoms in total. The normalized spacial score (nSPS) is 14.8. The Balaban J connectivity index is 0.000000457. The van der Waals surface area contributed by atoms with Crippen LogP contribution in [0.15, 0.2) is 6.20 Å². The molecule has 86 valence electrons. The van der Waals surface area contributed by atoms with Gasteiger partial charge in [0, 0.05) is 4.88 Å². The number of fused-ring (bicyclic) bond motifs is 1. The molecule has 2 aromatic heterocycles. The third-order valence-corrected chi connectivity index (χ3v) is 4.12. The zero-order valence-corrected chi connectivity index (χ0v) is 11.3. The van der Waals surface area contributed by atoms with Gasteiger partial charge in [0.25, 0.3) is 0 Å². The highest BCUT2D eigenvalue weighted by molar-refractivity contribution is 7.18. The Bertz CT molecular complexity index is 503. The van der Waals surface area contributed by atoms with E-state index < -0.39 is 0 Å². The zero-order valence-electron chi connectivity index (χ0n) is 9.75. The lowest BCUT2D eigenvalue weighted by Crippen LogP contribution is -1.81. The van der Waals surface area contributed by atoms with Gasteiger partial charge < -0.3 is 0 Å². The summed E-state index contributed by atoms with van der Waals surface area (Å²) in [4.78, 5) is 11.1. The molecule has 4 heteroatoms. The van der Waals surface area contributed by atoms with Crippen LogP contribution in [0.3, 0.4) is 0 Å². The van der Waals surface area contributed by atoms with E-state index in [2.05, 4.69) is 16.9 Å². The maximum atomic E-state index is 5.83. The molecule has 1 fully saturated rings. The minimum Gasteiger partial charge on any atom is -0.240 e. The van der Waals surface area contributed by atoms with Gasteiger partial charge >= 0.3 is 0 Å². The van der Waals surface area contributed by atoms with Crippen LogP contribution < -0.4 is 0 Å². The fraction of sp³-hybridized carbons (Fsp3) is 0.500. The molecule has 0 unspecified atom stereocenters. The van der Waals surface area contributed by atoms with Crippen molar-refractivity contribution >= 4 is 33.3 Å². The van der Waals surface area contributed by atoms with Gasteiger partial charge in [-0.25, -0.2) is 9.97 Å². The summed E-state index contributed by atoms with van der Waals surface area (Å²) in [6, 6.07) is 0. The second kappa shape index (κ2) is 4.68. The summed E-state index contributed by atoms with van der Waals surface area (Å²) >= 11 is 7.60. The van der Waals surface area contributed by atoms with E-state index in [9.17, 15) is 0 Å². The monoisotopic (exact) mass is 254 g/mol. The van der Waals surface area contributed by atoms with Crippen molar-refractivity contribution in [3.8, 4) is 0 Å². The van der Waals surface area contributed by atoms with Gasteiger partial charge in [0.15, 0.2) is 0 Å². The lowest BCUT2D eigenvalue weighted by atomic mass is 10.2. The Morgan fingerprint density at radius 3 is 2.69 bits per heavy atom. The number of nitrogens with zero attached hydrogens (tertiary/aromatic N) is 2. The molecule has 0 aliphatic heterocycles. The van der Waals surface area contributed by atoms with Crippen LogP contribution in [0.4, 0.5) is 0 Å². The molecular formula is C12H15ClN2S. The van der Waals surface area contributed by atoms with Gasteiger partial charge in [-0.05, 0) is 31.2 Å². The highest BCUT2D eigenvalue weighted by atomic mass is 35.5. The smallest absolute Gasteiger partial charge is 0.148 e. The van der Waals surface area contributed by atoms with Crippen LogP contribution in [0.5, 0.6) is 0 Å². The highest BCUT2D eigenvalue weighted by Crippen LogP contribution is 2.46. The van der Waals surface area contributed by atoms with Crippen LogP contribution in [0.2, 0.25) is 5.15 Å². The number of hydrogen-bond donors (Lipinski definition) is 0. The van der Waals surface area contributed by atoms with Gasteiger partial charge in [-0.15, -0.1) is 11.3 Å². The maximum Gasteiger partial charge on any atom is 0.148 e. The molecule has 16 heavy (non-hydrogen) atoms. The molecule has 1 aliphatic carbocycles. The lowest BCUT2D eigenvalue weighted by Gasteiger charge is -1.93. The summed E-state index contributed by atoms with van der Waals surface area (Å²) in [6.07, 6.45) is 4.26. The van der Waals surface area contributed by atoms with E-state index in [4.69, 9.17) is 11.6 Å².